The number of carbonyl (C=O) groups excluding carboxylic acids is 2. The van der Waals surface area contributed by atoms with E-state index in [0.717, 1.165) is 31.9 Å². The van der Waals surface area contributed by atoms with Gasteiger partial charge in [-0.05, 0) is 51.5 Å². The molecule has 6 heteroatoms. The van der Waals surface area contributed by atoms with Crippen molar-refractivity contribution in [3.63, 3.8) is 0 Å². The van der Waals surface area contributed by atoms with Crippen molar-refractivity contribution in [2.24, 2.45) is 0 Å². The van der Waals surface area contributed by atoms with Crippen LogP contribution >= 0.6 is 15.9 Å². The Bertz CT molecular complexity index is 842. The fraction of sp³-hybridized carbons (Fsp3) is 0.400. The number of nitrogens with one attached hydrogen (secondary N) is 2. The molecular weight excluding hydrogens is 396 g/mol. The molecule has 2 aromatic rings. The molecule has 140 valence electrons. The number of H-pyrrole nitrogens is 1. The third-order valence-electron chi connectivity index (χ3n) is 4.88. The molecule has 1 heterocycles. The second-order valence-electron chi connectivity index (χ2n) is 6.75. The summed E-state index contributed by atoms with van der Waals surface area (Å²) in [4.78, 5) is 29.0. The Hall–Kier alpha value is -1.92. The van der Waals surface area contributed by atoms with Gasteiger partial charge in [-0.1, -0.05) is 15.9 Å². The van der Waals surface area contributed by atoms with Crippen LogP contribution in [0.4, 0.5) is 0 Å². The highest BCUT2D eigenvalue weighted by atomic mass is 79.9. The van der Waals surface area contributed by atoms with Gasteiger partial charge in [-0.15, -0.1) is 0 Å². The number of Topliss-reactive ketones (excluding diaryl/α,β-unsaturated/α-hetero) is 2. The number of aryl methyl sites for hydroxylation is 1. The van der Waals surface area contributed by atoms with E-state index in [4.69, 9.17) is 4.74 Å². The highest BCUT2D eigenvalue weighted by Crippen LogP contribution is 2.23. The maximum absolute atomic E-state index is 13.0. The van der Waals surface area contributed by atoms with Gasteiger partial charge in [0.05, 0.1) is 19.9 Å². The summed E-state index contributed by atoms with van der Waals surface area (Å²) in [6.07, 6.45) is 0. The van der Waals surface area contributed by atoms with Gasteiger partial charge >= 0.3 is 0 Å². The second-order valence-corrected chi connectivity index (χ2v) is 7.66. The van der Waals surface area contributed by atoms with Gasteiger partial charge in [0.2, 0.25) is 5.78 Å². The SMILES string of the molecule is COc1ccc(Br)cc1C[NH+](C)[C@@H](C)C(=O)c1[nH]c(C)c(C(C)=O)c1C. The number of quaternary nitrogens is 1. The molecule has 26 heavy (non-hydrogen) atoms. The summed E-state index contributed by atoms with van der Waals surface area (Å²) in [5, 5.41) is 0. The van der Waals surface area contributed by atoms with Crippen molar-refractivity contribution < 1.29 is 19.2 Å². The van der Waals surface area contributed by atoms with Crippen molar-refractivity contribution in [2.75, 3.05) is 14.2 Å². The molecule has 0 saturated carbocycles. The molecule has 2 rings (SSSR count). The fourth-order valence-corrected chi connectivity index (χ4v) is 3.71. The van der Waals surface area contributed by atoms with E-state index >= 15 is 0 Å². The van der Waals surface area contributed by atoms with E-state index in [0.29, 0.717) is 17.8 Å². The Kier molecular flexibility index (Phi) is 6.42. The van der Waals surface area contributed by atoms with Crippen LogP contribution in [0.2, 0.25) is 0 Å². The number of hydrogen-bond acceptors (Lipinski definition) is 3. The minimum Gasteiger partial charge on any atom is -0.496 e. The number of hydrogen-bond donors (Lipinski definition) is 2. The summed E-state index contributed by atoms with van der Waals surface area (Å²) in [5.74, 6) is 0.782. The molecule has 0 amide bonds. The quantitative estimate of drug-likeness (QED) is 0.675. The maximum atomic E-state index is 13.0. The number of ether oxygens (including phenoxy) is 1. The zero-order chi connectivity index (χ0) is 19.6. The highest BCUT2D eigenvalue weighted by Gasteiger charge is 2.29. The van der Waals surface area contributed by atoms with Gasteiger partial charge in [0, 0.05) is 21.3 Å². The summed E-state index contributed by atoms with van der Waals surface area (Å²) in [6, 6.07) is 5.59. The van der Waals surface area contributed by atoms with Crippen molar-refractivity contribution in [3.8, 4) is 5.75 Å². The molecule has 2 N–H and O–H groups in total. The number of rotatable bonds is 7. The molecule has 0 aliphatic carbocycles. The predicted molar refractivity (Wildman–Crippen MR) is 105 cm³/mol. The van der Waals surface area contributed by atoms with Crippen molar-refractivity contribution in [2.45, 2.75) is 40.3 Å². The second kappa shape index (κ2) is 8.18. The van der Waals surface area contributed by atoms with Crippen molar-refractivity contribution in [1.29, 1.82) is 0 Å². The number of benzene rings is 1. The molecule has 5 nitrogen and oxygen atoms in total. The average Bonchev–Trinajstić information content (AvgIpc) is 2.88. The lowest BCUT2D eigenvalue weighted by Crippen LogP contribution is -3.12. The third-order valence-corrected chi connectivity index (χ3v) is 5.37. The van der Waals surface area contributed by atoms with Gasteiger partial charge < -0.3 is 14.6 Å². The Balaban J connectivity index is 2.25. The molecular formula is C20H26BrN2O3+. The number of likely N-dealkylation sites (N-methyl/N-ethyl adjacent to an activating group) is 1. The molecule has 0 spiro atoms. The van der Waals surface area contributed by atoms with Gasteiger partial charge in [0.25, 0.3) is 0 Å². The number of ketones is 2. The van der Waals surface area contributed by atoms with Crippen LogP contribution in [-0.4, -0.2) is 36.7 Å². The molecule has 0 saturated heterocycles. The van der Waals surface area contributed by atoms with Crippen molar-refractivity contribution >= 4 is 27.5 Å². The van der Waals surface area contributed by atoms with E-state index in [2.05, 4.69) is 20.9 Å². The van der Waals surface area contributed by atoms with Gasteiger partial charge in [0.1, 0.15) is 12.3 Å². The standard InChI is InChI=1S/C20H25BrN2O3/c1-11-18(14(4)24)12(2)22-19(11)20(25)13(3)23(5)10-15-9-16(21)7-8-17(15)26-6/h7-9,13,22H,10H2,1-6H3/p+1/t13-/m0/s1. The molecule has 1 aromatic carbocycles. The number of halogens is 1. The molecule has 1 aromatic heterocycles. The molecule has 0 fully saturated rings. The molecule has 0 aliphatic heterocycles. The van der Waals surface area contributed by atoms with Gasteiger partial charge in [-0.2, -0.15) is 0 Å². The molecule has 0 aliphatic rings. The molecule has 1 unspecified atom stereocenters. The summed E-state index contributed by atoms with van der Waals surface area (Å²) >= 11 is 3.48. The normalized spacial score (nSPS) is 13.3. The lowest BCUT2D eigenvalue weighted by atomic mass is 10.0. The summed E-state index contributed by atoms with van der Waals surface area (Å²) < 4.78 is 6.40. The Morgan fingerprint density at radius 3 is 2.50 bits per heavy atom. The maximum Gasteiger partial charge on any atom is 0.235 e. The van der Waals surface area contributed by atoms with Crippen LogP contribution in [0, 0.1) is 13.8 Å². The Morgan fingerprint density at radius 1 is 1.31 bits per heavy atom. The van der Waals surface area contributed by atoms with Crippen LogP contribution in [0.15, 0.2) is 22.7 Å². The van der Waals surface area contributed by atoms with E-state index in [1.165, 1.54) is 6.92 Å². The van der Waals surface area contributed by atoms with Crippen molar-refractivity contribution in [1.82, 2.24) is 4.98 Å². The number of aromatic nitrogens is 1. The first kappa shape index (κ1) is 20.4. The third kappa shape index (κ3) is 4.07. The Morgan fingerprint density at radius 2 is 1.96 bits per heavy atom. The van der Waals surface area contributed by atoms with Crippen LogP contribution in [0.25, 0.3) is 0 Å². The zero-order valence-electron chi connectivity index (χ0n) is 16.1. The predicted octanol–water partition coefficient (Wildman–Crippen LogP) is 2.89. The van der Waals surface area contributed by atoms with Gasteiger partial charge in [-0.25, -0.2) is 0 Å². The molecule has 0 bridgehead atoms. The monoisotopic (exact) mass is 421 g/mol. The highest BCUT2D eigenvalue weighted by molar-refractivity contribution is 9.10. The van der Waals surface area contributed by atoms with Crippen LogP contribution in [0.1, 0.15) is 51.5 Å². The number of methoxy groups -OCH3 is 1. The fourth-order valence-electron chi connectivity index (χ4n) is 3.30. The van der Waals surface area contributed by atoms with Gasteiger partial charge in [-0.3, -0.25) is 9.59 Å². The first-order valence-corrected chi connectivity index (χ1v) is 9.35. The van der Waals surface area contributed by atoms with E-state index in [1.807, 2.05) is 46.0 Å². The van der Waals surface area contributed by atoms with E-state index < -0.39 is 0 Å². The van der Waals surface area contributed by atoms with Gasteiger partial charge in [0.15, 0.2) is 11.8 Å². The Labute approximate surface area is 162 Å². The smallest absolute Gasteiger partial charge is 0.235 e. The van der Waals surface area contributed by atoms with E-state index in [1.54, 1.807) is 7.11 Å². The minimum absolute atomic E-state index is 0.00423. The van der Waals surface area contributed by atoms with Crippen molar-refractivity contribution in [3.05, 3.63) is 50.8 Å². The first-order chi connectivity index (χ1) is 12.2. The number of aromatic amines is 1. The minimum atomic E-state index is -0.268. The summed E-state index contributed by atoms with van der Waals surface area (Å²) in [5.41, 5.74) is 3.66. The molecule has 0 radical (unpaired) electrons. The lowest BCUT2D eigenvalue weighted by Gasteiger charge is -2.22. The van der Waals surface area contributed by atoms with Crippen LogP contribution < -0.4 is 9.64 Å². The summed E-state index contributed by atoms with van der Waals surface area (Å²) in [6.45, 7) is 7.73. The zero-order valence-corrected chi connectivity index (χ0v) is 17.7. The van der Waals surface area contributed by atoms with Crippen LogP contribution in [0.5, 0.6) is 5.75 Å². The van der Waals surface area contributed by atoms with Crippen LogP contribution in [-0.2, 0) is 6.54 Å². The van der Waals surface area contributed by atoms with E-state index in [-0.39, 0.29) is 17.6 Å². The number of carbonyl (C=O) groups is 2. The topological polar surface area (TPSA) is 63.6 Å². The largest absolute Gasteiger partial charge is 0.496 e. The van der Waals surface area contributed by atoms with Crippen LogP contribution in [0.3, 0.4) is 0 Å². The first-order valence-electron chi connectivity index (χ1n) is 8.56. The molecule has 2 atom stereocenters. The van der Waals surface area contributed by atoms with E-state index in [9.17, 15) is 9.59 Å². The lowest BCUT2D eigenvalue weighted by molar-refractivity contribution is -0.907. The average molecular weight is 422 g/mol. The summed E-state index contributed by atoms with van der Waals surface area (Å²) in [7, 11) is 3.63.